The molecule has 1 amide bonds. The second-order valence-corrected chi connectivity index (χ2v) is 4.96. The largest absolute Gasteiger partial charge is 0.333 e. The summed E-state index contributed by atoms with van der Waals surface area (Å²) in [6.45, 7) is 4.57. The normalized spacial score (nSPS) is 17.8. The summed E-state index contributed by atoms with van der Waals surface area (Å²) in [6.07, 6.45) is 1.77. The molecule has 4 nitrogen and oxygen atoms in total. The molecule has 114 valence electrons. The van der Waals surface area contributed by atoms with Crippen LogP contribution in [-0.4, -0.2) is 41.5 Å². The third kappa shape index (κ3) is 3.64. The van der Waals surface area contributed by atoms with Gasteiger partial charge in [0.15, 0.2) is 0 Å². The number of hydrogen-bond donors (Lipinski definition) is 1. The van der Waals surface area contributed by atoms with Crippen LogP contribution in [0.15, 0.2) is 36.5 Å². The van der Waals surface area contributed by atoms with Crippen LogP contribution in [0.4, 0.5) is 0 Å². The van der Waals surface area contributed by atoms with E-state index in [-0.39, 0.29) is 36.8 Å². The number of piperazine rings is 1. The molecule has 1 N–H and O–H groups in total. The van der Waals surface area contributed by atoms with E-state index in [1.54, 1.807) is 6.20 Å². The molecule has 1 atom stereocenters. The topological polar surface area (TPSA) is 45.2 Å². The number of nitrogens with one attached hydrogen (secondary N) is 1. The SMILES string of the molecule is CC1CNCCN1C(=O)c1ccc2ncccc2c1.Cl.Cl. The van der Waals surface area contributed by atoms with E-state index < -0.39 is 0 Å². The maximum atomic E-state index is 12.5. The van der Waals surface area contributed by atoms with E-state index in [2.05, 4.69) is 17.2 Å². The molecular formula is C15H19Cl2N3O. The Morgan fingerprint density at radius 3 is 2.90 bits per heavy atom. The number of amides is 1. The molecule has 1 fully saturated rings. The molecule has 0 bridgehead atoms. The molecule has 3 rings (SSSR count). The maximum Gasteiger partial charge on any atom is 0.254 e. The molecular weight excluding hydrogens is 309 g/mol. The molecule has 2 aromatic rings. The van der Waals surface area contributed by atoms with Crippen molar-refractivity contribution in [2.75, 3.05) is 19.6 Å². The van der Waals surface area contributed by atoms with Crippen LogP contribution in [0.3, 0.4) is 0 Å². The molecule has 1 aromatic heterocycles. The van der Waals surface area contributed by atoms with Crippen molar-refractivity contribution in [3.8, 4) is 0 Å². The van der Waals surface area contributed by atoms with Gasteiger partial charge < -0.3 is 10.2 Å². The van der Waals surface area contributed by atoms with E-state index in [0.29, 0.717) is 0 Å². The number of hydrogen-bond acceptors (Lipinski definition) is 3. The Hall–Kier alpha value is -1.36. The highest BCUT2D eigenvalue weighted by molar-refractivity contribution is 5.98. The fourth-order valence-corrected chi connectivity index (χ4v) is 2.52. The van der Waals surface area contributed by atoms with Crippen molar-refractivity contribution in [3.63, 3.8) is 0 Å². The highest BCUT2D eigenvalue weighted by Crippen LogP contribution is 2.16. The number of carbonyl (C=O) groups is 1. The lowest BCUT2D eigenvalue weighted by Gasteiger charge is -2.34. The van der Waals surface area contributed by atoms with E-state index in [4.69, 9.17) is 0 Å². The second kappa shape index (κ2) is 7.59. The Labute approximate surface area is 136 Å². The van der Waals surface area contributed by atoms with Crippen LogP contribution in [0.5, 0.6) is 0 Å². The molecule has 1 unspecified atom stereocenters. The van der Waals surface area contributed by atoms with Crippen LogP contribution in [0.2, 0.25) is 0 Å². The average Bonchev–Trinajstić information content (AvgIpc) is 2.46. The van der Waals surface area contributed by atoms with Crippen molar-refractivity contribution in [2.45, 2.75) is 13.0 Å². The first-order valence-corrected chi connectivity index (χ1v) is 6.62. The summed E-state index contributed by atoms with van der Waals surface area (Å²) < 4.78 is 0. The van der Waals surface area contributed by atoms with Crippen LogP contribution < -0.4 is 5.32 Å². The summed E-state index contributed by atoms with van der Waals surface area (Å²) in [5, 5.41) is 4.31. The van der Waals surface area contributed by atoms with Crippen molar-refractivity contribution in [1.82, 2.24) is 15.2 Å². The Morgan fingerprint density at radius 2 is 2.14 bits per heavy atom. The fraction of sp³-hybridized carbons (Fsp3) is 0.333. The lowest BCUT2D eigenvalue weighted by atomic mass is 10.1. The van der Waals surface area contributed by atoms with Gasteiger partial charge in [0.05, 0.1) is 5.52 Å². The molecule has 0 saturated carbocycles. The predicted octanol–water partition coefficient (Wildman–Crippen LogP) is 2.51. The molecule has 1 aliphatic heterocycles. The van der Waals surface area contributed by atoms with Gasteiger partial charge in [-0.2, -0.15) is 0 Å². The molecule has 2 heterocycles. The van der Waals surface area contributed by atoms with Gasteiger partial charge in [0.25, 0.3) is 5.91 Å². The van der Waals surface area contributed by atoms with Crippen LogP contribution in [-0.2, 0) is 0 Å². The highest BCUT2D eigenvalue weighted by Gasteiger charge is 2.23. The summed E-state index contributed by atoms with van der Waals surface area (Å²) >= 11 is 0. The van der Waals surface area contributed by atoms with Crippen molar-refractivity contribution >= 4 is 41.6 Å². The summed E-state index contributed by atoms with van der Waals surface area (Å²) in [4.78, 5) is 18.7. The van der Waals surface area contributed by atoms with Crippen LogP contribution >= 0.6 is 24.8 Å². The molecule has 0 radical (unpaired) electrons. The van der Waals surface area contributed by atoms with E-state index in [1.807, 2.05) is 35.2 Å². The van der Waals surface area contributed by atoms with E-state index >= 15 is 0 Å². The zero-order valence-corrected chi connectivity index (χ0v) is 13.4. The number of rotatable bonds is 1. The standard InChI is InChI=1S/C15H17N3O.2ClH/c1-11-10-16-7-8-18(11)15(19)13-4-5-14-12(9-13)3-2-6-17-14;;/h2-6,9,11,16H,7-8,10H2,1H3;2*1H. The number of pyridine rings is 1. The number of aromatic nitrogens is 1. The first-order chi connectivity index (χ1) is 9.25. The minimum absolute atomic E-state index is 0. The summed E-state index contributed by atoms with van der Waals surface area (Å²) in [5.74, 6) is 0.111. The van der Waals surface area contributed by atoms with E-state index in [9.17, 15) is 4.79 Å². The summed E-state index contributed by atoms with van der Waals surface area (Å²) in [7, 11) is 0. The average molecular weight is 328 g/mol. The van der Waals surface area contributed by atoms with Gasteiger partial charge in [0.2, 0.25) is 0 Å². The Kier molecular flexibility index (Phi) is 6.40. The van der Waals surface area contributed by atoms with Crippen molar-refractivity contribution in [1.29, 1.82) is 0 Å². The Bertz CT molecular complexity index is 621. The van der Waals surface area contributed by atoms with Gasteiger partial charge in [-0.1, -0.05) is 6.07 Å². The first-order valence-electron chi connectivity index (χ1n) is 6.62. The summed E-state index contributed by atoms with van der Waals surface area (Å²) in [6, 6.07) is 9.83. The molecule has 1 aromatic carbocycles. The number of halogens is 2. The van der Waals surface area contributed by atoms with E-state index in [0.717, 1.165) is 36.1 Å². The van der Waals surface area contributed by atoms with Gasteiger partial charge in [-0.3, -0.25) is 9.78 Å². The molecule has 21 heavy (non-hydrogen) atoms. The quantitative estimate of drug-likeness (QED) is 0.875. The number of fused-ring (bicyclic) bond motifs is 1. The Morgan fingerprint density at radius 1 is 1.33 bits per heavy atom. The monoisotopic (exact) mass is 327 g/mol. The highest BCUT2D eigenvalue weighted by atomic mass is 35.5. The number of benzene rings is 1. The number of carbonyl (C=O) groups excluding carboxylic acids is 1. The fourth-order valence-electron chi connectivity index (χ4n) is 2.52. The van der Waals surface area contributed by atoms with Gasteiger partial charge in [0.1, 0.15) is 0 Å². The van der Waals surface area contributed by atoms with Gasteiger partial charge in [-0.05, 0) is 31.2 Å². The zero-order chi connectivity index (χ0) is 13.2. The summed E-state index contributed by atoms with van der Waals surface area (Å²) in [5.41, 5.74) is 1.67. The van der Waals surface area contributed by atoms with Gasteiger partial charge >= 0.3 is 0 Å². The van der Waals surface area contributed by atoms with Crippen molar-refractivity contribution < 1.29 is 4.79 Å². The number of nitrogens with zero attached hydrogens (tertiary/aromatic N) is 2. The predicted molar refractivity (Wildman–Crippen MR) is 89.6 cm³/mol. The van der Waals surface area contributed by atoms with Crippen LogP contribution in [0.25, 0.3) is 10.9 Å². The zero-order valence-electron chi connectivity index (χ0n) is 11.8. The lowest BCUT2D eigenvalue weighted by molar-refractivity contribution is 0.0656. The van der Waals surface area contributed by atoms with Crippen molar-refractivity contribution in [2.24, 2.45) is 0 Å². The lowest BCUT2D eigenvalue weighted by Crippen LogP contribution is -2.52. The van der Waals surface area contributed by atoms with Crippen molar-refractivity contribution in [3.05, 3.63) is 42.1 Å². The van der Waals surface area contributed by atoms with Gasteiger partial charge in [0, 0.05) is 42.8 Å². The molecule has 0 aliphatic carbocycles. The molecule has 6 heteroatoms. The maximum absolute atomic E-state index is 12.5. The Balaban J connectivity index is 0.00000110. The second-order valence-electron chi connectivity index (χ2n) is 4.96. The third-order valence-electron chi connectivity index (χ3n) is 3.61. The van der Waals surface area contributed by atoms with Crippen LogP contribution in [0.1, 0.15) is 17.3 Å². The minimum Gasteiger partial charge on any atom is -0.333 e. The van der Waals surface area contributed by atoms with Gasteiger partial charge in [-0.25, -0.2) is 0 Å². The van der Waals surface area contributed by atoms with E-state index in [1.165, 1.54) is 0 Å². The smallest absolute Gasteiger partial charge is 0.254 e. The van der Waals surface area contributed by atoms with Crippen LogP contribution in [0, 0.1) is 0 Å². The molecule has 1 aliphatic rings. The molecule has 0 spiro atoms. The van der Waals surface area contributed by atoms with Gasteiger partial charge in [-0.15, -0.1) is 24.8 Å². The minimum atomic E-state index is 0. The third-order valence-corrected chi connectivity index (χ3v) is 3.61. The first kappa shape index (κ1) is 17.7. The molecule has 1 saturated heterocycles.